The third kappa shape index (κ3) is 4.62. The van der Waals surface area contributed by atoms with Crippen molar-refractivity contribution in [3.05, 3.63) is 18.2 Å². The summed E-state index contributed by atoms with van der Waals surface area (Å²) in [5, 5.41) is 4.94. The molecule has 110 valence electrons. The van der Waals surface area contributed by atoms with E-state index < -0.39 is 11.8 Å². The summed E-state index contributed by atoms with van der Waals surface area (Å²) in [6, 6.07) is 4.83. The number of hydrogen-bond acceptors (Lipinski definition) is 4. The fourth-order valence-corrected chi connectivity index (χ4v) is 1.58. The van der Waals surface area contributed by atoms with E-state index in [0.717, 1.165) is 0 Å². The molecule has 0 aliphatic heterocycles. The van der Waals surface area contributed by atoms with Crippen LogP contribution in [0.5, 0.6) is 11.5 Å². The van der Waals surface area contributed by atoms with E-state index in [1.165, 1.54) is 14.2 Å². The van der Waals surface area contributed by atoms with Gasteiger partial charge < -0.3 is 20.1 Å². The van der Waals surface area contributed by atoms with Crippen molar-refractivity contribution in [2.45, 2.75) is 6.42 Å². The summed E-state index contributed by atoms with van der Waals surface area (Å²) in [5.74, 6) is -0.0148. The number of carbonyl (C=O) groups is 2. The maximum absolute atomic E-state index is 11.6. The molecule has 0 heterocycles. The molecule has 7 heteroatoms. The topological polar surface area (TPSA) is 76.7 Å². The molecule has 0 radical (unpaired) electrons. The zero-order valence-electron chi connectivity index (χ0n) is 11.4. The Morgan fingerprint density at radius 1 is 1.15 bits per heavy atom. The predicted octanol–water partition coefficient (Wildman–Crippen LogP) is 1.39. The van der Waals surface area contributed by atoms with Gasteiger partial charge in [-0.2, -0.15) is 0 Å². The van der Waals surface area contributed by atoms with Crippen LogP contribution >= 0.6 is 11.6 Å². The molecule has 6 nitrogen and oxygen atoms in total. The Bertz CT molecular complexity index is 479. The Kier molecular flexibility index (Phi) is 6.66. The van der Waals surface area contributed by atoms with Gasteiger partial charge in [0.2, 0.25) is 0 Å². The molecule has 0 aromatic heterocycles. The zero-order chi connectivity index (χ0) is 15.0. The summed E-state index contributed by atoms with van der Waals surface area (Å²) in [5.41, 5.74) is 0.445. The van der Waals surface area contributed by atoms with Crippen molar-refractivity contribution in [3.8, 4) is 11.5 Å². The highest BCUT2D eigenvalue weighted by Gasteiger charge is 2.14. The largest absolute Gasteiger partial charge is 0.493 e. The minimum Gasteiger partial charge on any atom is -0.493 e. The fourth-order valence-electron chi connectivity index (χ4n) is 1.45. The Balaban J connectivity index is 2.63. The van der Waals surface area contributed by atoms with Gasteiger partial charge >= 0.3 is 11.8 Å². The lowest BCUT2D eigenvalue weighted by Gasteiger charge is -2.10. The lowest BCUT2D eigenvalue weighted by molar-refractivity contribution is -0.136. The number of anilines is 1. The summed E-state index contributed by atoms with van der Waals surface area (Å²) in [7, 11) is 3.00. The second kappa shape index (κ2) is 8.27. The molecule has 1 aromatic carbocycles. The zero-order valence-corrected chi connectivity index (χ0v) is 12.1. The number of alkyl halides is 1. The molecule has 0 aliphatic carbocycles. The van der Waals surface area contributed by atoms with Crippen molar-refractivity contribution in [2.24, 2.45) is 0 Å². The first-order chi connectivity index (χ1) is 9.62. The second-order valence-corrected chi connectivity index (χ2v) is 4.20. The van der Waals surface area contributed by atoms with Crippen molar-refractivity contribution >= 4 is 29.1 Å². The summed E-state index contributed by atoms with van der Waals surface area (Å²) >= 11 is 5.48. The van der Waals surface area contributed by atoms with Crippen LogP contribution < -0.4 is 20.1 Å². The molecule has 0 saturated heterocycles. The van der Waals surface area contributed by atoms with Crippen LogP contribution in [0.25, 0.3) is 0 Å². The van der Waals surface area contributed by atoms with E-state index in [9.17, 15) is 9.59 Å². The molecule has 0 aliphatic rings. The number of halogens is 1. The first-order valence-electron chi connectivity index (χ1n) is 5.99. The van der Waals surface area contributed by atoms with Crippen LogP contribution in [0.4, 0.5) is 5.69 Å². The number of carbonyl (C=O) groups excluding carboxylic acids is 2. The number of hydrogen-bond donors (Lipinski definition) is 2. The van der Waals surface area contributed by atoms with Crippen LogP contribution in [0.2, 0.25) is 0 Å². The van der Waals surface area contributed by atoms with Gasteiger partial charge in [0.05, 0.1) is 14.2 Å². The highest BCUT2D eigenvalue weighted by Crippen LogP contribution is 2.29. The molecule has 0 fully saturated rings. The van der Waals surface area contributed by atoms with Crippen LogP contribution in [-0.4, -0.2) is 38.5 Å². The quantitative estimate of drug-likeness (QED) is 0.473. The average Bonchev–Trinajstić information content (AvgIpc) is 2.47. The molecule has 2 amide bonds. The minimum atomic E-state index is -0.744. The smallest absolute Gasteiger partial charge is 0.313 e. The predicted molar refractivity (Wildman–Crippen MR) is 76.5 cm³/mol. The van der Waals surface area contributed by atoms with Gasteiger partial charge in [0, 0.05) is 24.2 Å². The monoisotopic (exact) mass is 300 g/mol. The van der Waals surface area contributed by atoms with Crippen LogP contribution in [0.3, 0.4) is 0 Å². The van der Waals surface area contributed by atoms with Crippen LogP contribution in [0.15, 0.2) is 18.2 Å². The normalized spacial score (nSPS) is 9.75. The van der Waals surface area contributed by atoms with E-state index in [4.69, 9.17) is 21.1 Å². The van der Waals surface area contributed by atoms with E-state index in [0.29, 0.717) is 36.0 Å². The van der Waals surface area contributed by atoms with E-state index in [2.05, 4.69) is 10.6 Å². The maximum atomic E-state index is 11.6. The molecule has 2 N–H and O–H groups in total. The number of methoxy groups -OCH3 is 2. The fraction of sp³-hybridized carbons (Fsp3) is 0.385. The van der Waals surface area contributed by atoms with Crippen molar-refractivity contribution < 1.29 is 19.1 Å². The number of ether oxygens (including phenoxy) is 2. The van der Waals surface area contributed by atoms with Gasteiger partial charge in [-0.1, -0.05) is 0 Å². The Morgan fingerprint density at radius 3 is 2.45 bits per heavy atom. The van der Waals surface area contributed by atoms with Crippen molar-refractivity contribution in [1.82, 2.24) is 5.32 Å². The minimum absolute atomic E-state index is 0.363. The van der Waals surface area contributed by atoms with Gasteiger partial charge in [-0.05, 0) is 18.6 Å². The van der Waals surface area contributed by atoms with Gasteiger partial charge in [0.1, 0.15) is 0 Å². The second-order valence-electron chi connectivity index (χ2n) is 3.82. The number of rotatable bonds is 6. The Labute approximate surface area is 122 Å². The SMILES string of the molecule is COc1ccc(NC(=O)C(=O)NCCCCl)cc1OC. The lowest BCUT2D eigenvalue weighted by atomic mass is 10.2. The van der Waals surface area contributed by atoms with Gasteiger partial charge in [-0.3, -0.25) is 9.59 Å². The molecule has 0 atom stereocenters. The maximum Gasteiger partial charge on any atom is 0.313 e. The third-order valence-corrected chi connectivity index (χ3v) is 2.71. The summed E-state index contributed by atoms with van der Waals surface area (Å²) in [6.45, 7) is 0.363. The molecular formula is C13H17ClN2O4. The van der Waals surface area contributed by atoms with Gasteiger partial charge in [-0.15, -0.1) is 11.6 Å². The summed E-state index contributed by atoms with van der Waals surface area (Å²) in [6.07, 6.45) is 0.608. The highest BCUT2D eigenvalue weighted by molar-refractivity contribution is 6.39. The van der Waals surface area contributed by atoms with Crippen LogP contribution in [0.1, 0.15) is 6.42 Å². The first-order valence-corrected chi connectivity index (χ1v) is 6.53. The molecule has 0 saturated carbocycles. The number of benzene rings is 1. The van der Waals surface area contributed by atoms with Gasteiger partial charge in [0.15, 0.2) is 11.5 Å². The number of nitrogens with one attached hydrogen (secondary N) is 2. The standard InChI is InChI=1S/C13H17ClN2O4/c1-19-10-5-4-9(8-11(10)20-2)16-13(18)12(17)15-7-3-6-14/h4-5,8H,3,6-7H2,1-2H3,(H,15,17)(H,16,18). The van der Waals surface area contributed by atoms with E-state index in [1.807, 2.05) is 0 Å². The molecule has 0 bridgehead atoms. The third-order valence-electron chi connectivity index (χ3n) is 2.44. The molecule has 1 aromatic rings. The van der Waals surface area contributed by atoms with Gasteiger partial charge in [-0.25, -0.2) is 0 Å². The molecular weight excluding hydrogens is 284 g/mol. The Hall–Kier alpha value is -1.95. The molecule has 20 heavy (non-hydrogen) atoms. The first kappa shape index (κ1) is 16.1. The molecule has 0 spiro atoms. The van der Waals surface area contributed by atoms with E-state index in [-0.39, 0.29) is 0 Å². The van der Waals surface area contributed by atoms with Gasteiger partial charge in [0.25, 0.3) is 0 Å². The molecule has 1 rings (SSSR count). The highest BCUT2D eigenvalue weighted by atomic mass is 35.5. The van der Waals surface area contributed by atoms with E-state index in [1.54, 1.807) is 18.2 Å². The number of amides is 2. The van der Waals surface area contributed by atoms with Crippen molar-refractivity contribution in [3.63, 3.8) is 0 Å². The Morgan fingerprint density at radius 2 is 1.85 bits per heavy atom. The van der Waals surface area contributed by atoms with Crippen molar-refractivity contribution in [1.29, 1.82) is 0 Å². The van der Waals surface area contributed by atoms with Crippen LogP contribution in [0, 0.1) is 0 Å². The van der Waals surface area contributed by atoms with Crippen molar-refractivity contribution in [2.75, 3.05) is 32.0 Å². The van der Waals surface area contributed by atoms with E-state index >= 15 is 0 Å². The average molecular weight is 301 g/mol. The summed E-state index contributed by atoms with van der Waals surface area (Å²) < 4.78 is 10.2. The summed E-state index contributed by atoms with van der Waals surface area (Å²) in [4.78, 5) is 23.1. The molecule has 0 unspecified atom stereocenters. The van der Waals surface area contributed by atoms with Crippen LogP contribution in [-0.2, 0) is 9.59 Å². The lowest BCUT2D eigenvalue weighted by Crippen LogP contribution is -2.36.